The molecule has 2 aromatic rings. The first-order valence-corrected chi connectivity index (χ1v) is 7.77. The molecule has 0 saturated carbocycles. The molecule has 21 heavy (non-hydrogen) atoms. The van der Waals surface area contributed by atoms with Crippen LogP contribution in [-0.2, 0) is 6.54 Å². The SMILES string of the molecule is Cc1ccccc1N1CCN(Cc2cnc(N)s2)CC1.Cl. The number of aryl methyl sites for hydroxylation is 1. The van der Waals surface area contributed by atoms with Crippen molar-refractivity contribution in [2.75, 3.05) is 36.8 Å². The fourth-order valence-corrected chi connectivity index (χ4v) is 3.41. The van der Waals surface area contributed by atoms with Crippen molar-refractivity contribution in [2.45, 2.75) is 13.5 Å². The molecule has 1 saturated heterocycles. The first-order chi connectivity index (χ1) is 9.72. The molecule has 114 valence electrons. The van der Waals surface area contributed by atoms with Crippen LogP contribution in [0.2, 0.25) is 0 Å². The lowest BCUT2D eigenvalue weighted by Crippen LogP contribution is -2.46. The maximum absolute atomic E-state index is 5.68. The summed E-state index contributed by atoms with van der Waals surface area (Å²) in [6, 6.07) is 8.62. The van der Waals surface area contributed by atoms with Gasteiger partial charge in [-0.25, -0.2) is 4.98 Å². The number of benzene rings is 1. The van der Waals surface area contributed by atoms with Gasteiger partial charge in [-0.05, 0) is 18.6 Å². The third-order valence-electron chi connectivity index (χ3n) is 3.78. The standard InChI is InChI=1S/C15H20N4S.ClH/c1-12-4-2-3-5-14(12)19-8-6-18(7-9-19)11-13-10-17-15(16)20-13;/h2-5,10H,6-9,11H2,1H3,(H2,16,17);1H. The summed E-state index contributed by atoms with van der Waals surface area (Å²) in [6.07, 6.45) is 1.90. The molecule has 2 heterocycles. The quantitative estimate of drug-likeness (QED) is 0.943. The van der Waals surface area contributed by atoms with Gasteiger partial charge in [-0.1, -0.05) is 18.2 Å². The molecule has 0 bridgehead atoms. The van der Waals surface area contributed by atoms with Crippen molar-refractivity contribution in [3.63, 3.8) is 0 Å². The van der Waals surface area contributed by atoms with Gasteiger partial charge in [0.15, 0.2) is 5.13 Å². The van der Waals surface area contributed by atoms with Gasteiger partial charge in [0.2, 0.25) is 0 Å². The normalized spacial score (nSPS) is 15.8. The fourth-order valence-electron chi connectivity index (χ4n) is 2.68. The Morgan fingerprint density at radius 2 is 1.90 bits per heavy atom. The molecular weight excluding hydrogens is 304 g/mol. The monoisotopic (exact) mass is 324 g/mol. The topological polar surface area (TPSA) is 45.4 Å². The van der Waals surface area contributed by atoms with E-state index in [1.807, 2.05) is 6.20 Å². The predicted molar refractivity (Wildman–Crippen MR) is 92.4 cm³/mol. The lowest BCUT2D eigenvalue weighted by atomic mass is 10.1. The molecule has 6 heteroatoms. The Balaban J connectivity index is 0.00000161. The third kappa shape index (κ3) is 3.87. The summed E-state index contributed by atoms with van der Waals surface area (Å²) < 4.78 is 0. The number of anilines is 2. The molecule has 0 spiro atoms. The minimum atomic E-state index is 0. The number of aromatic nitrogens is 1. The highest BCUT2D eigenvalue weighted by Gasteiger charge is 2.18. The number of nitrogens with two attached hydrogens (primary N) is 1. The summed E-state index contributed by atoms with van der Waals surface area (Å²) in [4.78, 5) is 10.3. The molecule has 3 rings (SSSR count). The Bertz CT molecular complexity index is 579. The van der Waals surface area contributed by atoms with Crippen LogP contribution in [0.1, 0.15) is 10.4 Å². The number of hydrogen-bond donors (Lipinski definition) is 1. The van der Waals surface area contributed by atoms with E-state index in [4.69, 9.17) is 5.73 Å². The Hall–Kier alpha value is -1.30. The van der Waals surface area contributed by atoms with Gasteiger partial charge in [-0.2, -0.15) is 0 Å². The van der Waals surface area contributed by atoms with Crippen molar-refractivity contribution in [1.29, 1.82) is 0 Å². The van der Waals surface area contributed by atoms with E-state index in [0.29, 0.717) is 5.13 Å². The summed E-state index contributed by atoms with van der Waals surface area (Å²) in [6.45, 7) is 7.49. The molecule has 1 aliphatic heterocycles. The lowest BCUT2D eigenvalue weighted by Gasteiger charge is -2.36. The molecule has 0 amide bonds. The molecule has 4 nitrogen and oxygen atoms in total. The van der Waals surface area contributed by atoms with E-state index >= 15 is 0 Å². The van der Waals surface area contributed by atoms with Gasteiger partial charge in [0, 0.05) is 49.5 Å². The van der Waals surface area contributed by atoms with Crippen LogP contribution in [0.25, 0.3) is 0 Å². The summed E-state index contributed by atoms with van der Waals surface area (Å²) in [7, 11) is 0. The van der Waals surface area contributed by atoms with Crippen LogP contribution < -0.4 is 10.6 Å². The van der Waals surface area contributed by atoms with E-state index < -0.39 is 0 Å². The molecule has 0 unspecified atom stereocenters. The molecule has 0 radical (unpaired) electrons. The van der Waals surface area contributed by atoms with Crippen molar-refractivity contribution in [2.24, 2.45) is 0 Å². The molecular formula is C15H21ClN4S. The first-order valence-electron chi connectivity index (χ1n) is 6.95. The van der Waals surface area contributed by atoms with Crippen LogP contribution in [-0.4, -0.2) is 36.1 Å². The lowest BCUT2D eigenvalue weighted by molar-refractivity contribution is 0.251. The van der Waals surface area contributed by atoms with Gasteiger partial charge in [0.05, 0.1) is 0 Å². The number of rotatable bonds is 3. The Kier molecular flexibility index (Phi) is 5.45. The maximum atomic E-state index is 5.68. The van der Waals surface area contributed by atoms with Gasteiger partial charge in [0.1, 0.15) is 0 Å². The van der Waals surface area contributed by atoms with Crippen LogP contribution in [0.4, 0.5) is 10.8 Å². The predicted octanol–water partition coefficient (Wildman–Crippen LogP) is 2.78. The average Bonchev–Trinajstić information content (AvgIpc) is 2.86. The molecule has 1 aromatic heterocycles. The smallest absolute Gasteiger partial charge is 0.180 e. The number of nitrogen functional groups attached to an aromatic ring is 1. The summed E-state index contributed by atoms with van der Waals surface area (Å²) >= 11 is 1.59. The van der Waals surface area contributed by atoms with Gasteiger partial charge in [-0.3, -0.25) is 4.90 Å². The van der Waals surface area contributed by atoms with Crippen molar-refractivity contribution in [1.82, 2.24) is 9.88 Å². The minimum Gasteiger partial charge on any atom is -0.375 e. The second kappa shape index (κ2) is 7.11. The maximum Gasteiger partial charge on any atom is 0.180 e. The van der Waals surface area contributed by atoms with Gasteiger partial charge < -0.3 is 10.6 Å². The molecule has 1 aromatic carbocycles. The van der Waals surface area contributed by atoms with Crippen molar-refractivity contribution < 1.29 is 0 Å². The molecule has 0 aliphatic carbocycles. The second-order valence-electron chi connectivity index (χ2n) is 5.21. The first kappa shape index (κ1) is 16.1. The summed E-state index contributed by atoms with van der Waals surface area (Å²) in [5.74, 6) is 0. The highest BCUT2D eigenvalue weighted by atomic mass is 35.5. The highest BCUT2D eigenvalue weighted by Crippen LogP contribution is 2.22. The summed E-state index contributed by atoms with van der Waals surface area (Å²) in [5, 5.41) is 0.665. The average molecular weight is 325 g/mol. The van der Waals surface area contributed by atoms with Crippen LogP contribution >= 0.6 is 23.7 Å². The van der Waals surface area contributed by atoms with E-state index in [-0.39, 0.29) is 12.4 Å². The van der Waals surface area contributed by atoms with Gasteiger partial charge in [0.25, 0.3) is 0 Å². The number of halogens is 1. The van der Waals surface area contributed by atoms with E-state index in [1.54, 1.807) is 11.3 Å². The van der Waals surface area contributed by atoms with E-state index in [9.17, 15) is 0 Å². The molecule has 0 atom stereocenters. The zero-order valence-electron chi connectivity index (χ0n) is 12.2. The summed E-state index contributed by atoms with van der Waals surface area (Å²) in [5.41, 5.74) is 8.41. The third-order valence-corrected chi connectivity index (χ3v) is 4.59. The molecule has 1 aliphatic rings. The number of thiazole rings is 1. The highest BCUT2D eigenvalue weighted by molar-refractivity contribution is 7.15. The van der Waals surface area contributed by atoms with Crippen molar-refractivity contribution >= 4 is 34.6 Å². The van der Waals surface area contributed by atoms with E-state index in [1.165, 1.54) is 16.1 Å². The minimum absolute atomic E-state index is 0. The Labute approximate surface area is 136 Å². The van der Waals surface area contributed by atoms with Crippen molar-refractivity contribution in [3.05, 3.63) is 40.9 Å². The zero-order chi connectivity index (χ0) is 13.9. The number of hydrogen-bond acceptors (Lipinski definition) is 5. The van der Waals surface area contributed by atoms with Crippen LogP contribution in [0.15, 0.2) is 30.5 Å². The van der Waals surface area contributed by atoms with Crippen LogP contribution in [0.5, 0.6) is 0 Å². The fraction of sp³-hybridized carbons (Fsp3) is 0.400. The second-order valence-corrected chi connectivity index (χ2v) is 6.36. The van der Waals surface area contributed by atoms with Gasteiger partial charge >= 0.3 is 0 Å². The van der Waals surface area contributed by atoms with Crippen molar-refractivity contribution in [3.8, 4) is 0 Å². The van der Waals surface area contributed by atoms with E-state index in [2.05, 4.69) is 46.0 Å². The Morgan fingerprint density at radius 1 is 1.19 bits per heavy atom. The number of para-hydroxylation sites is 1. The largest absolute Gasteiger partial charge is 0.375 e. The van der Waals surface area contributed by atoms with Crippen LogP contribution in [0, 0.1) is 6.92 Å². The van der Waals surface area contributed by atoms with Crippen LogP contribution in [0.3, 0.4) is 0 Å². The van der Waals surface area contributed by atoms with E-state index in [0.717, 1.165) is 32.7 Å². The Morgan fingerprint density at radius 3 is 2.52 bits per heavy atom. The van der Waals surface area contributed by atoms with Gasteiger partial charge in [-0.15, -0.1) is 23.7 Å². The molecule has 1 fully saturated rings. The number of nitrogens with zero attached hydrogens (tertiary/aromatic N) is 3. The zero-order valence-corrected chi connectivity index (χ0v) is 13.8. The number of piperazine rings is 1. The molecule has 2 N–H and O–H groups in total.